The minimum atomic E-state index is -0.0336. The second-order valence-corrected chi connectivity index (χ2v) is 5.38. The van der Waals surface area contributed by atoms with E-state index in [1.165, 1.54) is 0 Å². The molecule has 3 nitrogen and oxygen atoms in total. The van der Waals surface area contributed by atoms with E-state index in [2.05, 4.69) is 21.2 Å². The van der Waals surface area contributed by atoms with Crippen LogP contribution in [0.3, 0.4) is 0 Å². The van der Waals surface area contributed by atoms with Gasteiger partial charge in [-0.2, -0.15) is 0 Å². The summed E-state index contributed by atoms with van der Waals surface area (Å²) < 4.78 is 2.98. The van der Waals surface area contributed by atoms with Crippen LogP contribution in [0.15, 0.2) is 65.3 Å². The van der Waals surface area contributed by atoms with Crippen LogP contribution in [0.2, 0.25) is 0 Å². The molecular weight excluding hydrogens is 316 g/mol. The lowest BCUT2D eigenvalue weighted by Gasteiger charge is -2.07. The summed E-state index contributed by atoms with van der Waals surface area (Å²) in [5.74, 6) is -0.0336. The molecule has 1 N–H and O–H groups in total. The number of nitrogens with zero attached hydrogens (tertiary/aromatic N) is 1. The molecule has 1 aromatic heterocycles. The molecule has 0 aliphatic rings. The molecule has 0 aliphatic carbocycles. The summed E-state index contributed by atoms with van der Waals surface area (Å²) >= 11 is 3.52. The van der Waals surface area contributed by atoms with Gasteiger partial charge in [-0.05, 0) is 30.3 Å². The number of fused-ring (bicyclic) bond motifs is 1. The van der Waals surface area contributed by atoms with Gasteiger partial charge in [0.25, 0.3) is 0 Å². The van der Waals surface area contributed by atoms with Crippen LogP contribution in [0.1, 0.15) is 0 Å². The van der Waals surface area contributed by atoms with Crippen LogP contribution in [-0.4, -0.2) is 10.5 Å². The molecule has 3 rings (SSSR count). The van der Waals surface area contributed by atoms with Gasteiger partial charge in [0.05, 0.1) is 0 Å². The monoisotopic (exact) mass is 328 g/mol. The van der Waals surface area contributed by atoms with Crippen molar-refractivity contribution >= 4 is 38.4 Å². The fourth-order valence-electron chi connectivity index (χ4n) is 2.20. The number of para-hydroxylation sites is 1. The number of halogens is 1. The maximum absolute atomic E-state index is 12.1. The highest BCUT2D eigenvalue weighted by molar-refractivity contribution is 9.10. The molecular formula is C16H13BrN2O. The van der Waals surface area contributed by atoms with Crippen molar-refractivity contribution in [1.82, 2.24) is 4.57 Å². The van der Waals surface area contributed by atoms with Crippen molar-refractivity contribution < 1.29 is 4.79 Å². The Kier molecular flexibility index (Phi) is 3.56. The smallest absolute Gasteiger partial charge is 0.244 e. The molecule has 100 valence electrons. The van der Waals surface area contributed by atoms with Gasteiger partial charge in [0.1, 0.15) is 6.54 Å². The van der Waals surface area contributed by atoms with Crippen molar-refractivity contribution in [3.8, 4) is 0 Å². The van der Waals surface area contributed by atoms with Crippen LogP contribution in [0, 0.1) is 0 Å². The van der Waals surface area contributed by atoms with Crippen LogP contribution < -0.4 is 5.32 Å². The van der Waals surface area contributed by atoms with Gasteiger partial charge in [-0.25, -0.2) is 0 Å². The number of hydrogen-bond donors (Lipinski definition) is 1. The fourth-order valence-corrected chi connectivity index (χ4v) is 2.69. The number of carbonyl (C=O) groups excluding carboxylic acids is 1. The van der Waals surface area contributed by atoms with E-state index in [0.29, 0.717) is 6.54 Å². The number of benzene rings is 2. The van der Waals surface area contributed by atoms with Crippen LogP contribution in [0.4, 0.5) is 5.69 Å². The first kappa shape index (κ1) is 12.9. The number of nitrogens with one attached hydrogen (secondary N) is 1. The largest absolute Gasteiger partial charge is 0.338 e. The highest BCUT2D eigenvalue weighted by Crippen LogP contribution is 2.24. The van der Waals surface area contributed by atoms with E-state index >= 15 is 0 Å². The predicted molar refractivity (Wildman–Crippen MR) is 84.7 cm³/mol. The van der Waals surface area contributed by atoms with Gasteiger partial charge in [0, 0.05) is 27.3 Å². The molecule has 0 fully saturated rings. The van der Waals surface area contributed by atoms with Gasteiger partial charge >= 0.3 is 0 Å². The summed E-state index contributed by atoms with van der Waals surface area (Å²) in [5, 5.41) is 4.00. The third-order valence-electron chi connectivity index (χ3n) is 3.13. The molecule has 0 bridgehead atoms. The molecule has 0 saturated carbocycles. The second-order valence-electron chi connectivity index (χ2n) is 4.53. The Balaban J connectivity index is 1.80. The Bertz CT molecular complexity index is 750. The Morgan fingerprint density at radius 1 is 1.05 bits per heavy atom. The van der Waals surface area contributed by atoms with Gasteiger partial charge in [0.15, 0.2) is 0 Å². The van der Waals surface area contributed by atoms with Crippen molar-refractivity contribution in [2.24, 2.45) is 0 Å². The van der Waals surface area contributed by atoms with E-state index in [-0.39, 0.29) is 5.91 Å². The van der Waals surface area contributed by atoms with E-state index in [1.54, 1.807) is 0 Å². The zero-order valence-electron chi connectivity index (χ0n) is 10.7. The number of amides is 1. The lowest BCUT2D eigenvalue weighted by atomic mass is 10.2. The van der Waals surface area contributed by atoms with E-state index in [4.69, 9.17) is 0 Å². The van der Waals surface area contributed by atoms with Crippen molar-refractivity contribution in [3.63, 3.8) is 0 Å². The maximum atomic E-state index is 12.1. The quantitative estimate of drug-likeness (QED) is 0.773. The predicted octanol–water partition coefficient (Wildman–Crippen LogP) is 4.04. The molecule has 2 aromatic carbocycles. The molecule has 1 heterocycles. The zero-order valence-corrected chi connectivity index (χ0v) is 12.3. The number of hydrogen-bond acceptors (Lipinski definition) is 1. The highest BCUT2D eigenvalue weighted by Gasteiger charge is 2.07. The molecule has 0 saturated heterocycles. The van der Waals surface area contributed by atoms with E-state index in [1.807, 2.05) is 65.4 Å². The molecule has 0 radical (unpaired) electrons. The number of carbonyl (C=O) groups is 1. The summed E-state index contributed by atoms with van der Waals surface area (Å²) in [4.78, 5) is 12.1. The molecule has 0 aliphatic heterocycles. The number of anilines is 1. The van der Waals surface area contributed by atoms with Gasteiger partial charge in [-0.3, -0.25) is 4.79 Å². The Labute approximate surface area is 125 Å². The minimum absolute atomic E-state index is 0.0336. The summed E-state index contributed by atoms with van der Waals surface area (Å²) in [6.07, 6.45) is 1.93. The first-order chi connectivity index (χ1) is 9.74. The molecule has 3 aromatic rings. The molecule has 20 heavy (non-hydrogen) atoms. The van der Waals surface area contributed by atoms with E-state index in [9.17, 15) is 4.79 Å². The summed E-state index contributed by atoms with van der Waals surface area (Å²) in [6.45, 7) is 0.300. The van der Waals surface area contributed by atoms with Crippen molar-refractivity contribution in [2.75, 3.05) is 5.32 Å². The van der Waals surface area contributed by atoms with Crippen LogP contribution >= 0.6 is 15.9 Å². The Morgan fingerprint density at radius 3 is 2.65 bits per heavy atom. The highest BCUT2D eigenvalue weighted by atomic mass is 79.9. The topological polar surface area (TPSA) is 34.0 Å². The summed E-state index contributed by atoms with van der Waals surface area (Å²) in [7, 11) is 0. The van der Waals surface area contributed by atoms with Crippen molar-refractivity contribution in [3.05, 3.63) is 65.3 Å². The fraction of sp³-hybridized carbons (Fsp3) is 0.0625. The first-order valence-electron chi connectivity index (χ1n) is 6.32. The molecule has 0 spiro atoms. The number of aromatic nitrogens is 1. The van der Waals surface area contributed by atoms with Gasteiger partial charge in [-0.1, -0.05) is 40.2 Å². The average molecular weight is 329 g/mol. The Morgan fingerprint density at radius 2 is 1.85 bits per heavy atom. The second kappa shape index (κ2) is 5.51. The minimum Gasteiger partial charge on any atom is -0.338 e. The molecule has 1 amide bonds. The standard InChI is InChI=1S/C16H13BrN2O/c17-14-7-4-8-15-13(14)9-10-19(15)11-16(20)18-12-5-2-1-3-6-12/h1-10H,11H2,(H,18,20). The SMILES string of the molecule is O=C(Cn1ccc2c(Br)cccc21)Nc1ccccc1. The van der Waals surface area contributed by atoms with Gasteiger partial charge in [0.2, 0.25) is 5.91 Å². The summed E-state index contributed by atoms with van der Waals surface area (Å²) in [6, 6.07) is 17.5. The lowest BCUT2D eigenvalue weighted by Crippen LogP contribution is -2.18. The molecule has 4 heteroatoms. The third kappa shape index (κ3) is 2.60. The summed E-state index contributed by atoms with van der Waals surface area (Å²) in [5.41, 5.74) is 1.86. The van der Waals surface area contributed by atoms with Crippen molar-refractivity contribution in [1.29, 1.82) is 0 Å². The van der Waals surface area contributed by atoms with Crippen LogP contribution in [0.25, 0.3) is 10.9 Å². The van der Waals surface area contributed by atoms with E-state index < -0.39 is 0 Å². The Hall–Kier alpha value is -2.07. The third-order valence-corrected chi connectivity index (χ3v) is 3.82. The maximum Gasteiger partial charge on any atom is 0.244 e. The van der Waals surface area contributed by atoms with Gasteiger partial charge < -0.3 is 9.88 Å². The molecule has 0 atom stereocenters. The van der Waals surface area contributed by atoms with Gasteiger partial charge in [-0.15, -0.1) is 0 Å². The lowest BCUT2D eigenvalue weighted by molar-refractivity contribution is -0.116. The molecule has 0 unspecified atom stereocenters. The normalized spacial score (nSPS) is 10.7. The first-order valence-corrected chi connectivity index (χ1v) is 7.11. The van der Waals surface area contributed by atoms with E-state index in [0.717, 1.165) is 21.1 Å². The average Bonchev–Trinajstić information content (AvgIpc) is 2.84. The number of rotatable bonds is 3. The zero-order chi connectivity index (χ0) is 13.9. The van der Waals surface area contributed by atoms with Crippen LogP contribution in [-0.2, 0) is 11.3 Å². The van der Waals surface area contributed by atoms with Crippen LogP contribution in [0.5, 0.6) is 0 Å². The van der Waals surface area contributed by atoms with Crippen molar-refractivity contribution in [2.45, 2.75) is 6.54 Å².